The van der Waals surface area contributed by atoms with E-state index in [2.05, 4.69) is 15.4 Å². The van der Waals surface area contributed by atoms with E-state index < -0.39 is 5.97 Å². The summed E-state index contributed by atoms with van der Waals surface area (Å²) < 4.78 is 1.78. The third-order valence-corrected chi connectivity index (χ3v) is 2.81. The molecule has 7 nitrogen and oxygen atoms in total. The lowest BCUT2D eigenvalue weighted by Crippen LogP contribution is -2.26. The topological polar surface area (TPSA) is 97.1 Å². The van der Waals surface area contributed by atoms with Crippen molar-refractivity contribution in [1.29, 1.82) is 0 Å². The van der Waals surface area contributed by atoms with Crippen LogP contribution in [0, 0.1) is 0 Å². The van der Waals surface area contributed by atoms with Crippen molar-refractivity contribution in [3.05, 3.63) is 24.0 Å². The minimum absolute atomic E-state index is 0.0947. The number of carboxylic acid groups (broad SMARTS) is 1. The lowest BCUT2D eigenvalue weighted by molar-refractivity contribution is -0.136. The highest BCUT2D eigenvalue weighted by atomic mass is 16.4. The van der Waals surface area contributed by atoms with Gasteiger partial charge in [0.2, 0.25) is 0 Å². The second-order valence-corrected chi connectivity index (χ2v) is 4.72. The Morgan fingerprint density at radius 2 is 2.15 bits per heavy atom. The van der Waals surface area contributed by atoms with Crippen molar-refractivity contribution in [3.8, 4) is 0 Å². The molecule has 2 aromatic heterocycles. The Bertz CT molecular complexity index is 648. The normalized spacial score (nSPS) is 10.9. The van der Waals surface area contributed by atoms with Crippen LogP contribution in [-0.2, 0) is 4.79 Å². The first kappa shape index (κ1) is 14.0. The molecule has 0 atom stereocenters. The fraction of sp³-hybridized carbons (Fsp3) is 0.385. The zero-order valence-electron chi connectivity index (χ0n) is 11.3. The van der Waals surface area contributed by atoms with Crippen LogP contribution < -0.4 is 5.32 Å². The summed E-state index contributed by atoms with van der Waals surface area (Å²) in [6.07, 6.45) is 3.03. The van der Waals surface area contributed by atoms with E-state index in [1.807, 2.05) is 13.8 Å². The molecule has 2 N–H and O–H groups in total. The number of amides is 1. The van der Waals surface area contributed by atoms with E-state index in [4.69, 9.17) is 5.11 Å². The van der Waals surface area contributed by atoms with E-state index in [0.717, 1.165) is 11.0 Å². The zero-order chi connectivity index (χ0) is 14.7. The average molecular weight is 276 g/mol. The van der Waals surface area contributed by atoms with E-state index in [0.29, 0.717) is 5.56 Å². The van der Waals surface area contributed by atoms with Gasteiger partial charge in [-0.15, -0.1) is 0 Å². The predicted molar refractivity (Wildman–Crippen MR) is 72.5 cm³/mol. The molecule has 0 aromatic carbocycles. The molecule has 0 aliphatic rings. The number of fused-ring (bicyclic) bond motifs is 1. The summed E-state index contributed by atoms with van der Waals surface area (Å²) in [4.78, 5) is 26.5. The zero-order valence-corrected chi connectivity index (χ0v) is 11.3. The highest BCUT2D eigenvalue weighted by Crippen LogP contribution is 2.16. The third-order valence-electron chi connectivity index (χ3n) is 2.81. The second-order valence-electron chi connectivity index (χ2n) is 4.72. The van der Waals surface area contributed by atoms with Crippen molar-refractivity contribution in [3.63, 3.8) is 0 Å². The summed E-state index contributed by atoms with van der Waals surface area (Å²) in [5.41, 5.74) is 1.12. The number of nitrogens with zero attached hydrogens (tertiary/aromatic N) is 3. The highest BCUT2D eigenvalue weighted by Gasteiger charge is 2.11. The monoisotopic (exact) mass is 276 g/mol. The van der Waals surface area contributed by atoms with Crippen LogP contribution in [0.3, 0.4) is 0 Å². The number of pyridine rings is 1. The minimum atomic E-state index is -0.947. The molecule has 0 aliphatic heterocycles. The van der Waals surface area contributed by atoms with Crippen molar-refractivity contribution >= 4 is 22.9 Å². The largest absolute Gasteiger partial charge is 0.481 e. The van der Waals surface area contributed by atoms with Crippen molar-refractivity contribution < 1.29 is 14.7 Å². The predicted octanol–water partition coefficient (Wildman–Crippen LogP) is 1.22. The standard InChI is InChI=1S/C13H16N4O3/c1-8(2)17-12-9(7-16-17)5-10(6-15-12)13(20)14-4-3-11(18)19/h5-8H,3-4H2,1-2H3,(H,14,20)(H,18,19). The molecule has 1 amide bonds. The van der Waals surface area contributed by atoms with Crippen molar-refractivity contribution in [1.82, 2.24) is 20.1 Å². The fourth-order valence-corrected chi connectivity index (χ4v) is 1.83. The van der Waals surface area contributed by atoms with Crippen LogP contribution in [0.5, 0.6) is 0 Å². The number of aromatic nitrogens is 3. The molecule has 0 fully saturated rings. The van der Waals surface area contributed by atoms with Gasteiger partial charge >= 0.3 is 5.97 Å². The molecule has 0 spiro atoms. The van der Waals surface area contributed by atoms with Gasteiger partial charge in [-0.2, -0.15) is 5.10 Å². The molecule has 0 radical (unpaired) electrons. The Morgan fingerprint density at radius 3 is 2.80 bits per heavy atom. The molecular formula is C13H16N4O3. The number of carbonyl (C=O) groups excluding carboxylic acids is 1. The van der Waals surface area contributed by atoms with E-state index >= 15 is 0 Å². The molecule has 0 saturated carbocycles. The molecule has 0 unspecified atom stereocenters. The summed E-state index contributed by atoms with van der Waals surface area (Å²) in [6, 6.07) is 1.89. The van der Waals surface area contributed by atoms with Gasteiger partial charge in [0.05, 0.1) is 18.2 Å². The van der Waals surface area contributed by atoms with Crippen LogP contribution in [0.1, 0.15) is 36.7 Å². The fourth-order valence-electron chi connectivity index (χ4n) is 1.83. The van der Waals surface area contributed by atoms with E-state index in [1.165, 1.54) is 6.20 Å². The Balaban J connectivity index is 2.15. The molecule has 0 bridgehead atoms. The Labute approximate surface area is 115 Å². The molecular weight excluding hydrogens is 260 g/mol. The maximum Gasteiger partial charge on any atom is 0.305 e. The van der Waals surface area contributed by atoms with E-state index in [1.54, 1.807) is 16.9 Å². The smallest absolute Gasteiger partial charge is 0.305 e. The Hall–Kier alpha value is -2.44. The number of carboxylic acids is 1. The van der Waals surface area contributed by atoms with Gasteiger partial charge in [0.15, 0.2) is 5.65 Å². The quantitative estimate of drug-likeness (QED) is 0.855. The van der Waals surface area contributed by atoms with Gasteiger partial charge in [-0.25, -0.2) is 9.67 Å². The van der Waals surface area contributed by atoms with Crippen molar-refractivity contribution in [2.24, 2.45) is 0 Å². The van der Waals surface area contributed by atoms with Crippen LogP contribution >= 0.6 is 0 Å². The maximum absolute atomic E-state index is 11.8. The Morgan fingerprint density at radius 1 is 1.40 bits per heavy atom. The summed E-state index contributed by atoms with van der Waals surface area (Å²) in [5.74, 6) is -1.28. The summed E-state index contributed by atoms with van der Waals surface area (Å²) >= 11 is 0. The molecule has 2 rings (SSSR count). The highest BCUT2D eigenvalue weighted by molar-refractivity contribution is 5.96. The first-order valence-corrected chi connectivity index (χ1v) is 6.32. The number of nitrogens with one attached hydrogen (secondary N) is 1. The summed E-state index contributed by atoms with van der Waals surface area (Å²) in [6.45, 7) is 4.10. The number of hydrogen-bond donors (Lipinski definition) is 2. The van der Waals surface area contributed by atoms with Gasteiger partial charge in [0.25, 0.3) is 5.91 Å². The summed E-state index contributed by atoms with van der Waals surface area (Å²) in [5, 5.41) is 16.1. The Kier molecular flexibility index (Phi) is 3.97. The lowest BCUT2D eigenvalue weighted by atomic mass is 10.2. The maximum atomic E-state index is 11.8. The van der Waals surface area contributed by atoms with Gasteiger partial charge < -0.3 is 10.4 Å². The minimum Gasteiger partial charge on any atom is -0.481 e. The average Bonchev–Trinajstić information content (AvgIpc) is 2.80. The van der Waals surface area contributed by atoms with Gasteiger partial charge in [-0.05, 0) is 19.9 Å². The van der Waals surface area contributed by atoms with Crippen LogP contribution in [-0.4, -0.2) is 38.3 Å². The number of rotatable bonds is 5. The molecule has 0 aliphatic carbocycles. The van der Waals surface area contributed by atoms with E-state index in [-0.39, 0.29) is 24.9 Å². The molecule has 20 heavy (non-hydrogen) atoms. The second kappa shape index (κ2) is 5.68. The van der Waals surface area contributed by atoms with Gasteiger partial charge in [-0.1, -0.05) is 0 Å². The first-order chi connectivity index (χ1) is 9.49. The molecule has 2 heterocycles. The third kappa shape index (κ3) is 2.93. The van der Waals surface area contributed by atoms with Gasteiger partial charge in [0, 0.05) is 24.2 Å². The van der Waals surface area contributed by atoms with Gasteiger partial charge in [-0.3, -0.25) is 9.59 Å². The molecule has 106 valence electrons. The SMILES string of the molecule is CC(C)n1ncc2cc(C(=O)NCCC(=O)O)cnc21. The number of carbonyl (C=O) groups is 2. The molecule has 7 heteroatoms. The van der Waals surface area contributed by atoms with Crippen LogP contribution in [0.25, 0.3) is 11.0 Å². The van der Waals surface area contributed by atoms with Crippen LogP contribution in [0.2, 0.25) is 0 Å². The molecule has 0 saturated heterocycles. The molecule has 2 aromatic rings. The van der Waals surface area contributed by atoms with Crippen LogP contribution in [0.4, 0.5) is 0 Å². The van der Waals surface area contributed by atoms with Crippen LogP contribution in [0.15, 0.2) is 18.5 Å². The number of hydrogen-bond acceptors (Lipinski definition) is 4. The number of aliphatic carboxylic acids is 1. The summed E-state index contributed by atoms with van der Waals surface area (Å²) in [7, 11) is 0. The van der Waals surface area contributed by atoms with Crippen molar-refractivity contribution in [2.45, 2.75) is 26.3 Å². The van der Waals surface area contributed by atoms with Gasteiger partial charge in [0.1, 0.15) is 0 Å². The van der Waals surface area contributed by atoms with Crippen molar-refractivity contribution in [2.75, 3.05) is 6.54 Å². The first-order valence-electron chi connectivity index (χ1n) is 6.32. The van der Waals surface area contributed by atoms with E-state index in [9.17, 15) is 9.59 Å². The lowest BCUT2D eigenvalue weighted by Gasteiger charge is -2.07.